The molecular weight excluding hydrogens is 438 g/mol. The highest BCUT2D eigenvalue weighted by Crippen LogP contribution is 2.22. The number of pyridine rings is 1. The summed E-state index contributed by atoms with van der Waals surface area (Å²) < 4.78 is 33.2. The van der Waals surface area contributed by atoms with Crippen LogP contribution < -0.4 is 15.8 Å². The van der Waals surface area contributed by atoms with E-state index in [0.29, 0.717) is 6.07 Å². The molecule has 0 bridgehead atoms. The van der Waals surface area contributed by atoms with Crippen molar-refractivity contribution in [1.29, 1.82) is 0 Å². The summed E-state index contributed by atoms with van der Waals surface area (Å²) in [4.78, 5) is 39.7. The summed E-state index contributed by atoms with van der Waals surface area (Å²) >= 11 is 0. The molecule has 0 unspecified atom stereocenters. The van der Waals surface area contributed by atoms with Gasteiger partial charge in [-0.15, -0.1) is 0 Å². The van der Waals surface area contributed by atoms with Crippen LogP contribution in [0.1, 0.15) is 33.3 Å². The Kier molecular flexibility index (Phi) is 7.12. The van der Waals surface area contributed by atoms with Crippen LogP contribution in [0, 0.1) is 11.6 Å². The summed E-state index contributed by atoms with van der Waals surface area (Å²) in [5.74, 6) is -3.98. The van der Waals surface area contributed by atoms with Gasteiger partial charge in [-0.3, -0.25) is 24.1 Å². The highest BCUT2D eigenvalue weighted by atomic mass is 19.1. The van der Waals surface area contributed by atoms with Crippen LogP contribution in [0.2, 0.25) is 0 Å². The van der Waals surface area contributed by atoms with Gasteiger partial charge in [0.1, 0.15) is 23.9 Å². The Morgan fingerprint density at radius 1 is 1.30 bits per heavy atom. The van der Waals surface area contributed by atoms with Gasteiger partial charge in [-0.25, -0.2) is 8.78 Å². The molecule has 1 aliphatic heterocycles. The van der Waals surface area contributed by atoms with Crippen molar-refractivity contribution in [2.75, 3.05) is 38.5 Å². The van der Waals surface area contributed by atoms with Crippen molar-refractivity contribution in [3.05, 3.63) is 75.2 Å². The second-order valence-corrected chi connectivity index (χ2v) is 7.66. The summed E-state index contributed by atoms with van der Waals surface area (Å²) in [5.41, 5.74) is -1.03. The number of hydrogen-bond acceptors (Lipinski definition) is 6. The molecule has 3 rings (SSSR count). The summed E-state index contributed by atoms with van der Waals surface area (Å²) in [6, 6.07) is 2.89. The topological polar surface area (TPSA) is 104 Å². The summed E-state index contributed by atoms with van der Waals surface area (Å²) in [6.07, 6.45) is 1.15. The lowest BCUT2D eigenvalue weighted by molar-refractivity contribution is 0.0624. The minimum Gasteiger partial charge on any atom is -0.502 e. The molecule has 2 N–H and O–H groups in total. The summed E-state index contributed by atoms with van der Waals surface area (Å²) in [5, 5.41) is 14.6. The van der Waals surface area contributed by atoms with Gasteiger partial charge in [0.15, 0.2) is 11.4 Å². The number of aromatic hydroxyl groups is 1. The van der Waals surface area contributed by atoms with E-state index < -0.39 is 40.2 Å². The smallest absolute Gasteiger partial charge is 0.277 e. The monoisotopic (exact) mass is 462 g/mol. The number of hydrogen-bond donors (Lipinski definition) is 2. The van der Waals surface area contributed by atoms with Crippen LogP contribution in [-0.4, -0.2) is 60.0 Å². The molecule has 1 aromatic heterocycles. The summed E-state index contributed by atoms with van der Waals surface area (Å²) in [6.45, 7) is 6.15. The lowest BCUT2D eigenvalue weighted by Crippen LogP contribution is -2.55. The first-order valence-corrected chi connectivity index (χ1v) is 10.0. The van der Waals surface area contributed by atoms with Crippen molar-refractivity contribution in [1.82, 2.24) is 14.9 Å². The van der Waals surface area contributed by atoms with Crippen molar-refractivity contribution in [3.63, 3.8) is 0 Å². The summed E-state index contributed by atoms with van der Waals surface area (Å²) in [7, 11) is 1.48. The van der Waals surface area contributed by atoms with Crippen LogP contribution in [0.5, 0.6) is 5.75 Å². The first-order valence-electron chi connectivity index (χ1n) is 10.0. The largest absolute Gasteiger partial charge is 0.502 e. The van der Waals surface area contributed by atoms with Gasteiger partial charge in [0, 0.05) is 38.0 Å². The predicted octanol–water partition coefficient (Wildman–Crippen LogP) is 1.34. The number of ether oxygens (including phenoxy) is 1. The van der Waals surface area contributed by atoms with Gasteiger partial charge in [0.25, 0.3) is 11.8 Å². The van der Waals surface area contributed by atoms with Crippen LogP contribution in [-0.2, 0) is 11.3 Å². The number of carbonyl (C=O) groups excluding carboxylic acids is 2. The maximum atomic E-state index is 13.8. The molecule has 2 heterocycles. The molecule has 1 aromatic carbocycles. The molecule has 1 aliphatic rings. The number of nitrogens with zero attached hydrogens (tertiary/aromatic N) is 3. The van der Waals surface area contributed by atoms with E-state index in [1.807, 2.05) is 0 Å². The van der Waals surface area contributed by atoms with E-state index in [-0.39, 0.29) is 44.2 Å². The van der Waals surface area contributed by atoms with Crippen molar-refractivity contribution in [2.45, 2.75) is 13.5 Å². The van der Waals surface area contributed by atoms with Crippen LogP contribution in [0.25, 0.3) is 0 Å². The molecule has 0 aliphatic carbocycles. The fourth-order valence-corrected chi connectivity index (χ4v) is 3.40. The van der Waals surface area contributed by atoms with Crippen molar-refractivity contribution < 1.29 is 28.2 Å². The fourth-order valence-electron chi connectivity index (χ4n) is 3.40. The molecule has 0 saturated carbocycles. The highest BCUT2D eigenvalue weighted by molar-refractivity contribution is 5.99. The molecule has 0 fully saturated rings. The van der Waals surface area contributed by atoms with E-state index in [9.17, 15) is 28.3 Å². The van der Waals surface area contributed by atoms with E-state index in [4.69, 9.17) is 4.74 Å². The zero-order valence-corrected chi connectivity index (χ0v) is 18.2. The third-order valence-corrected chi connectivity index (χ3v) is 5.01. The van der Waals surface area contributed by atoms with Gasteiger partial charge >= 0.3 is 0 Å². The highest BCUT2D eigenvalue weighted by Gasteiger charge is 2.34. The normalized spacial score (nSPS) is 13.2. The van der Waals surface area contributed by atoms with Gasteiger partial charge in [0.05, 0.1) is 13.2 Å². The van der Waals surface area contributed by atoms with Crippen molar-refractivity contribution in [3.8, 4) is 5.75 Å². The molecule has 0 saturated heterocycles. The second-order valence-electron chi connectivity index (χ2n) is 7.66. The number of nitrogens with one attached hydrogen (secondary N) is 1. The molecule has 0 radical (unpaired) electrons. The maximum Gasteiger partial charge on any atom is 0.277 e. The maximum absolute atomic E-state index is 13.8. The second kappa shape index (κ2) is 9.82. The quantitative estimate of drug-likeness (QED) is 0.574. The third-order valence-electron chi connectivity index (χ3n) is 5.01. The van der Waals surface area contributed by atoms with Crippen molar-refractivity contribution in [2.24, 2.45) is 0 Å². The minimum atomic E-state index is -1.05. The average Bonchev–Trinajstić information content (AvgIpc) is 2.75. The molecule has 33 heavy (non-hydrogen) atoms. The number of benzene rings is 1. The Hall–Kier alpha value is -3.73. The number of aromatic nitrogens is 1. The van der Waals surface area contributed by atoms with E-state index in [1.54, 1.807) is 11.9 Å². The average molecular weight is 462 g/mol. The molecule has 2 aromatic rings. The van der Waals surface area contributed by atoms with Gasteiger partial charge in [-0.2, -0.15) is 0 Å². The molecule has 0 atom stereocenters. The Bertz CT molecular complexity index is 1160. The Morgan fingerprint density at radius 2 is 2.03 bits per heavy atom. The SMILES string of the molecule is C=C(C)CN1CN(CCOC)C(=O)c2c(O)c(=O)c(C(=O)NCc3ccc(F)cc3F)cn21. The first kappa shape index (κ1) is 23.9. The zero-order valence-electron chi connectivity index (χ0n) is 18.2. The number of methoxy groups -OCH3 is 1. The number of rotatable bonds is 8. The van der Waals surface area contributed by atoms with E-state index in [1.165, 1.54) is 22.8 Å². The van der Waals surface area contributed by atoms with Crippen LogP contribution in [0.15, 0.2) is 41.3 Å². The molecular formula is C22H24F2N4O5. The fraction of sp³-hybridized carbons (Fsp3) is 0.318. The van der Waals surface area contributed by atoms with Gasteiger partial charge in [-0.1, -0.05) is 18.2 Å². The van der Waals surface area contributed by atoms with Crippen LogP contribution in [0.3, 0.4) is 0 Å². The van der Waals surface area contributed by atoms with Gasteiger partial charge in [0.2, 0.25) is 5.43 Å². The third kappa shape index (κ3) is 5.03. The van der Waals surface area contributed by atoms with E-state index >= 15 is 0 Å². The number of halogens is 2. The molecule has 9 nitrogen and oxygen atoms in total. The Labute approximate surface area is 188 Å². The lowest BCUT2D eigenvalue weighted by Gasteiger charge is -2.39. The van der Waals surface area contributed by atoms with Crippen LogP contribution in [0.4, 0.5) is 8.78 Å². The van der Waals surface area contributed by atoms with Crippen LogP contribution >= 0.6 is 0 Å². The molecule has 2 amide bonds. The number of carbonyl (C=O) groups is 2. The molecule has 176 valence electrons. The molecule has 11 heteroatoms. The van der Waals surface area contributed by atoms with Gasteiger partial charge in [-0.05, 0) is 13.0 Å². The van der Waals surface area contributed by atoms with Gasteiger partial charge < -0.3 is 20.1 Å². The van der Waals surface area contributed by atoms with E-state index in [0.717, 1.165) is 17.8 Å². The number of fused-ring (bicyclic) bond motifs is 1. The van der Waals surface area contributed by atoms with Crippen molar-refractivity contribution >= 4 is 11.8 Å². The lowest BCUT2D eigenvalue weighted by atomic mass is 10.1. The molecule has 0 spiro atoms. The minimum absolute atomic E-state index is 0.0138. The first-order chi connectivity index (χ1) is 15.6. The predicted molar refractivity (Wildman–Crippen MR) is 116 cm³/mol. The zero-order chi connectivity index (χ0) is 24.3. The van der Waals surface area contributed by atoms with E-state index in [2.05, 4.69) is 11.9 Å². The Morgan fingerprint density at radius 3 is 2.67 bits per heavy atom. The Balaban J connectivity index is 1.96. The standard InChI is InChI=1S/C22H24F2N4O5/c1-13(2)10-27-12-26(6-7-33-3)22(32)18-20(30)19(29)16(11-28(18)27)21(31)25-9-14-4-5-15(23)8-17(14)24/h4-5,8,11,30H,1,6-7,9-10,12H2,2-3H3,(H,25,31). The number of amides is 2.